The second-order valence-corrected chi connectivity index (χ2v) is 2.06. The predicted molar refractivity (Wildman–Crippen MR) is 39.4 cm³/mol. The first-order valence-electron chi connectivity index (χ1n) is 2.93. The first-order chi connectivity index (χ1) is 4.74. The number of hydrogen-bond acceptors (Lipinski definition) is 5. The maximum absolute atomic E-state index is 5.49. The standard InChI is InChI=1S/C5H11N5/c1-2-5-8-3-9(6)4-10(5)7/h2H,1,3-4,6-7H2. The number of amidine groups is 1. The van der Waals surface area contributed by atoms with E-state index in [-0.39, 0.29) is 0 Å². The molecule has 1 rings (SSSR count). The van der Waals surface area contributed by atoms with Crippen LogP contribution in [0.2, 0.25) is 0 Å². The molecule has 10 heavy (non-hydrogen) atoms. The van der Waals surface area contributed by atoms with Gasteiger partial charge in [-0.2, -0.15) is 0 Å². The van der Waals surface area contributed by atoms with Gasteiger partial charge in [-0.1, -0.05) is 6.58 Å². The van der Waals surface area contributed by atoms with Crippen molar-refractivity contribution in [1.29, 1.82) is 0 Å². The van der Waals surface area contributed by atoms with E-state index in [1.807, 2.05) is 0 Å². The molecule has 0 amide bonds. The van der Waals surface area contributed by atoms with E-state index in [9.17, 15) is 0 Å². The van der Waals surface area contributed by atoms with Gasteiger partial charge in [0.1, 0.15) is 19.2 Å². The molecule has 0 saturated heterocycles. The summed E-state index contributed by atoms with van der Waals surface area (Å²) in [7, 11) is 0. The molecular formula is C5H11N5. The van der Waals surface area contributed by atoms with Crippen molar-refractivity contribution in [2.45, 2.75) is 0 Å². The van der Waals surface area contributed by atoms with E-state index in [2.05, 4.69) is 11.6 Å². The minimum absolute atomic E-state index is 0.481. The summed E-state index contributed by atoms with van der Waals surface area (Å²) < 4.78 is 0. The van der Waals surface area contributed by atoms with E-state index in [4.69, 9.17) is 11.7 Å². The molecule has 1 aliphatic rings. The summed E-state index contributed by atoms with van der Waals surface area (Å²) in [4.78, 5) is 4.01. The molecule has 0 aromatic carbocycles. The Morgan fingerprint density at radius 1 is 1.60 bits per heavy atom. The Hall–Kier alpha value is -0.910. The SMILES string of the molecule is C=CC1=NCN(N)CN1N. The van der Waals surface area contributed by atoms with E-state index >= 15 is 0 Å². The predicted octanol–water partition coefficient (Wildman–Crippen LogP) is -1.15. The van der Waals surface area contributed by atoms with Gasteiger partial charge in [0.15, 0.2) is 0 Å². The summed E-state index contributed by atoms with van der Waals surface area (Å²) in [5.74, 6) is 11.6. The van der Waals surface area contributed by atoms with E-state index in [1.54, 1.807) is 6.08 Å². The number of nitrogens with two attached hydrogens (primary N) is 2. The quantitative estimate of drug-likeness (QED) is 0.452. The lowest BCUT2D eigenvalue weighted by atomic mass is 10.5. The van der Waals surface area contributed by atoms with Crippen LogP contribution in [0.25, 0.3) is 0 Å². The molecule has 0 saturated carbocycles. The van der Waals surface area contributed by atoms with Gasteiger partial charge in [-0.05, 0) is 6.08 Å². The molecule has 56 valence electrons. The summed E-state index contributed by atoms with van der Waals surface area (Å²) in [6, 6.07) is 0. The van der Waals surface area contributed by atoms with E-state index in [1.165, 1.54) is 10.0 Å². The fourth-order valence-electron chi connectivity index (χ4n) is 0.749. The third kappa shape index (κ3) is 1.32. The van der Waals surface area contributed by atoms with Crippen molar-refractivity contribution in [3.05, 3.63) is 12.7 Å². The van der Waals surface area contributed by atoms with Gasteiger partial charge in [0.05, 0.1) is 0 Å². The lowest BCUT2D eigenvalue weighted by Crippen LogP contribution is -2.51. The first kappa shape index (κ1) is 7.20. The van der Waals surface area contributed by atoms with Crippen LogP contribution in [-0.2, 0) is 0 Å². The molecule has 0 unspecified atom stereocenters. The van der Waals surface area contributed by atoms with Gasteiger partial charge in [-0.25, -0.2) is 10.9 Å². The fourth-order valence-corrected chi connectivity index (χ4v) is 0.749. The van der Waals surface area contributed by atoms with Gasteiger partial charge in [0.2, 0.25) is 0 Å². The van der Waals surface area contributed by atoms with Crippen molar-refractivity contribution in [2.75, 3.05) is 13.3 Å². The lowest BCUT2D eigenvalue weighted by Gasteiger charge is -2.28. The minimum Gasteiger partial charge on any atom is -0.279 e. The molecule has 0 aliphatic carbocycles. The van der Waals surface area contributed by atoms with Gasteiger partial charge in [0.25, 0.3) is 0 Å². The Morgan fingerprint density at radius 3 is 2.80 bits per heavy atom. The molecule has 0 atom stereocenters. The van der Waals surface area contributed by atoms with Crippen molar-refractivity contribution in [2.24, 2.45) is 16.7 Å². The van der Waals surface area contributed by atoms with Gasteiger partial charge < -0.3 is 0 Å². The minimum atomic E-state index is 0.481. The molecular weight excluding hydrogens is 130 g/mol. The number of hydrogen-bond donors (Lipinski definition) is 2. The molecule has 0 spiro atoms. The Morgan fingerprint density at radius 2 is 2.30 bits per heavy atom. The maximum atomic E-state index is 5.49. The van der Waals surface area contributed by atoms with Crippen molar-refractivity contribution >= 4 is 5.84 Å². The third-order valence-electron chi connectivity index (χ3n) is 1.23. The van der Waals surface area contributed by atoms with Crippen LogP contribution in [0.1, 0.15) is 0 Å². The molecule has 0 fully saturated rings. The van der Waals surface area contributed by atoms with Gasteiger partial charge in [-0.3, -0.25) is 15.8 Å². The Bertz CT molecular complexity index is 163. The Labute approximate surface area is 59.5 Å². The van der Waals surface area contributed by atoms with Crippen LogP contribution >= 0.6 is 0 Å². The third-order valence-corrected chi connectivity index (χ3v) is 1.23. The number of nitrogens with zero attached hydrogens (tertiary/aromatic N) is 3. The topological polar surface area (TPSA) is 70.9 Å². The molecule has 0 aromatic heterocycles. The molecule has 0 radical (unpaired) electrons. The molecule has 5 nitrogen and oxygen atoms in total. The molecule has 0 aromatic rings. The smallest absolute Gasteiger partial charge is 0.139 e. The Balaban J connectivity index is 2.65. The highest BCUT2D eigenvalue weighted by molar-refractivity contribution is 5.92. The summed E-state index contributed by atoms with van der Waals surface area (Å²) in [6.45, 7) is 4.52. The largest absolute Gasteiger partial charge is 0.279 e. The van der Waals surface area contributed by atoms with E-state index < -0.39 is 0 Å². The van der Waals surface area contributed by atoms with Gasteiger partial charge in [0, 0.05) is 0 Å². The molecule has 0 bridgehead atoms. The van der Waals surface area contributed by atoms with E-state index in [0.717, 1.165) is 0 Å². The lowest BCUT2D eigenvalue weighted by molar-refractivity contribution is 0.178. The fraction of sp³-hybridized carbons (Fsp3) is 0.400. The monoisotopic (exact) mass is 141 g/mol. The van der Waals surface area contributed by atoms with Gasteiger partial charge in [-0.15, -0.1) is 0 Å². The molecule has 5 heteroatoms. The number of aliphatic imine (C=N–C) groups is 1. The zero-order valence-corrected chi connectivity index (χ0v) is 5.70. The number of rotatable bonds is 1. The maximum Gasteiger partial charge on any atom is 0.139 e. The molecule has 1 aliphatic heterocycles. The van der Waals surface area contributed by atoms with Crippen LogP contribution < -0.4 is 11.7 Å². The number of hydrazine groups is 2. The highest BCUT2D eigenvalue weighted by Crippen LogP contribution is 1.95. The highest BCUT2D eigenvalue weighted by Gasteiger charge is 2.11. The first-order valence-corrected chi connectivity index (χ1v) is 2.93. The van der Waals surface area contributed by atoms with Crippen LogP contribution in [0.4, 0.5) is 0 Å². The molecule has 1 heterocycles. The second kappa shape index (κ2) is 2.78. The van der Waals surface area contributed by atoms with Crippen LogP contribution in [-0.4, -0.2) is 29.2 Å². The van der Waals surface area contributed by atoms with Crippen molar-refractivity contribution in [3.8, 4) is 0 Å². The summed E-state index contributed by atoms with van der Waals surface area (Å²) >= 11 is 0. The van der Waals surface area contributed by atoms with Crippen LogP contribution in [0.5, 0.6) is 0 Å². The zero-order valence-electron chi connectivity index (χ0n) is 5.70. The second-order valence-electron chi connectivity index (χ2n) is 2.06. The normalized spacial score (nSPS) is 20.6. The average Bonchev–Trinajstić information content (AvgIpc) is 1.88. The summed E-state index contributed by atoms with van der Waals surface area (Å²) in [6.07, 6.45) is 1.60. The van der Waals surface area contributed by atoms with Crippen LogP contribution in [0, 0.1) is 0 Å². The van der Waals surface area contributed by atoms with Crippen molar-refractivity contribution in [1.82, 2.24) is 10.0 Å². The summed E-state index contributed by atoms with van der Waals surface area (Å²) in [5, 5.41) is 2.95. The van der Waals surface area contributed by atoms with Crippen molar-refractivity contribution in [3.63, 3.8) is 0 Å². The Kier molecular flexibility index (Phi) is 2.00. The molecule has 4 N–H and O–H groups in total. The summed E-state index contributed by atoms with van der Waals surface area (Å²) in [5.41, 5.74) is 0. The average molecular weight is 141 g/mol. The van der Waals surface area contributed by atoms with Crippen molar-refractivity contribution < 1.29 is 0 Å². The highest BCUT2D eigenvalue weighted by atomic mass is 15.6. The van der Waals surface area contributed by atoms with Crippen LogP contribution in [0.15, 0.2) is 17.6 Å². The van der Waals surface area contributed by atoms with Gasteiger partial charge >= 0.3 is 0 Å². The van der Waals surface area contributed by atoms with E-state index in [0.29, 0.717) is 19.2 Å². The zero-order chi connectivity index (χ0) is 7.56. The van der Waals surface area contributed by atoms with Crippen LogP contribution in [0.3, 0.4) is 0 Å².